The first kappa shape index (κ1) is 13.8. The van der Waals surface area contributed by atoms with Gasteiger partial charge in [-0.15, -0.1) is 0 Å². The van der Waals surface area contributed by atoms with Crippen LogP contribution in [0.4, 0.5) is 10.2 Å². The Kier molecular flexibility index (Phi) is 3.51. The molecule has 0 saturated carbocycles. The second-order valence-electron chi connectivity index (χ2n) is 4.71. The summed E-state index contributed by atoms with van der Waals surface area (Å²) >= 11 is 3.42. The van der Waals surface area contributed by atoms with Gasteiger partial charge in [-0.25, -0.2) is 4.39 Å². The molecule has 106 valence electrons. The van der Waals surface area contributed by atoms with Crippen molar-refractivity contribution in [3.05, 3.63) is 58.3 Å². The van der Waals surface area contributed by atoms with Crippen molar-refractivity contribution in [3.63, 3.8) is 0 Å². The summed E-state index contributed by atoms with van der Waals surface area (Å²) < 4.78 is 20.4. The Morgan fingerprint density at radius 2 is 1.90 bits per heavy atom. The number of halogens is 2. The number of anilines is 1. The highest BCUT2D eigenvalue weighted by atomic mass is 79.9. The van der Waals surface area contributed by atoms with E-state index in [-0.39, 0.29) is 11.6 Å². The van der Waals surface area contributed by atoms with Crippen LogP contribution in [0.3, 0.4) is 0 Å². The average Bonchev–Trinajstić information content (AvgIpc) is 2.81. The number of nitrogens with zero attached hydrogens (tertiary/aromatic N) is 1. The topological polar surface area (TPSA) is 52.0 Å². The van der Waals surface area contributed by atoms with Gasteiger partial charge in [0.2, 0.25) is 0 Å². The Balaban J connectivity index is 2.25. The average molecular weight is 347 g/mol. The fourth-order valence-corrected chi connectivity index (χ4v) is 2.77. The molecule has 3 rings (SSSR count). The highest BCUT2D eigenvalue weighted by Gasteiger charge is 2.21. The van der Waals surface area contributed by atoms with E-state index in [0.717, 1.165) is 15.6 Å². The van der Waals surface area contributed by atoms with Crippen molar-refractivity contribution in [1.82, 2.24) is 5.16 Å². The number of aryl methyl sites for hydroxylation is 1. The first-order valence-electron chi connectivity index (χ1n) is 6.34. The third-order valence-electron chi connectivity index (χ3n) is 3.29. The monoisotopic (exact) mass is 346 g/mol. The van der Waals surface area contributed by atoms with Crippen molar-refractivity contribution in [2.24, 2.45) is 0 Å². The van der Waals surface area contributed by atoms with Gasteiger partial charge in [-0.05, 0) is 36.8 Å². The lowest BCUT2D eigenvalue weighted by Crippen LogP contribution is -1.92. The number of nitrogen functional groups attached to an aromatic ring is 1. The van der Waals surface area contributed by atoms with Crippen LogP contribution < -0.4 is 5.73 Å². The zero-order chi connectivity index (χ0) is 15.0. The zero-order valence-corrected chi connectivity index (χ0v) is 12.8. The third-order valence-corrected chi connectivity index (χ3v) is 3.79. The van der Waals surface area contributed by atoms with Crippen LogP contribution in [0, 0.1) is 12.7 Å². The molecule has 0 aliphatic heterocycles. The van der Waals surface area contributed by atoms with Gasteiger partial charge < -0.3 is 10.3 Å². The Hall–Kier alpha value is -2.14. The minimum atomic E-state index is -0.358. The molecule has 1 aromatic heterocycles. The van der Waals surface area contributed by atoms with E-state index in [0.29, 0.717) is 16.9 Å². The van der Waals surface area contributed by atoms with Crippen LogP contribution in [-0.2, 0) is 0 Å². The predicted octanol–water partition coefficient (Wildman–Crippen LogP) is 4.80. The van der Waals surface area contributed by atoms with Crippen molar-refractivity contribution >= 4 is 21.7 Å². The highest BCUT2D eigenvalue weighted by molar-refractivity contribution is 9.10. The summed E-state index contributed by atoms with van der Waals surface area (Å²) in [6.45, 7) is 1.95. The number of aromatic nitrogens is 1. The van der Waals surface area contributed by atoms with Crippen LogP contribution in [0.15, 0.2) is 51.5 Å². The number of rotatable bonds is 2. The maximum absolute atomic E-state index is 14.1. The molecule has 0 radical (unpaired) electrons. The second-order valence-corrected chi connectivity index (χ2v) is 5.63. The Labute approximate surface area is 129 Å². The summed E-state index contributed by atoms with van der Waals surface area (Å²) in [6, 6.07) is 12.2. The molecule has 2 N–H and O–H groups in total. The molecule has 1 heterocycles. The van der Waals surface area contributed by atoms with Crippen LogP contribution in [0.2, 0.25) is 0 Å². The van der Waals surface area contributed by atoms with Crippen LogP contribution in [0.25, 0.3) is 22.5 Å². The van der Waals surface area contributed by atoms with Crippen molar-refractivity contribution in [1.29, 1.82) is 0 Å². The SMILES string of the molecule is Cc1cc(Br)ccc1-c1onc(N)c1-c1ccccc1F. The molecular formula is C16H12BrFN2O. The van der Waals surface area contributed by atoms with E-state index in [1.165, 1.54) is 6.07 Å². The van der Waals surface area contributed by atoms with Crippen molar-refractivity contribution < 1.29 is 8.91 Å². The van der Waals surface area contributed by atoms with Crippen LogP contribution in [0.5, 0.6) is 0 Å². The molecule has 0 spiro atoms. The molecule has 0 aliphatic rings. The van der Waals surface area contributed by atoms with E-state index in [1.54, 1.807) is 18.2 Å². The van der Waals surface area contributed by atoms with Gasteiger partial charge in [0.05, 0.1) is 5.56 Å². The lowest BCUT2D eigenvalue weighted by Gasteiger charge is -2.07. The molecule has 3 nitrogen and oxygen atoms in total. The van der Waals surface area contributed by atoms with Gasteiger partial charge in [-0.2, -0.15) is 0 Å². The minimum Gasteiger partial charge on any atom is -0.380 e. The van der Waals surface area contributed by atoms with Crippen LogP contribution >= 0.6 is 15.9 Å². The van der Waals surface area contributed by atoms with Crippen LogP contribution in [0.1, 0.15) is 5.56 Å². The molecular weight excluding hydrogens is 335 g/mol. The van der Waals surface area contributed by atoms with Gasteiger partial charge in [0.1, 0.15) is 5.82 Å². The van der Waals surface area contributed by atoms with E-state index in [9.17, 15) is 4.39 Å². The lowest BCUT2D eigenvalue weighted by atomic mass is 9.98. The molecule has 2 aromatic carbocycles. The largest absolute Gasteiger partial charge is 0.380 e. The van der Waals surface area contributed by atoms with Gasteiger partial charge in [-0.3, -0.25) is 0 Å². The van der Waals surface area contributed by atoms with E-state index in [2.05, 4.69) is 21.1 Å². The molecule has 0 saturated heterocycles. The normalized spacial score (nSPS) is 10.8. The summed E-state index contributed by atoms with van der Waals surface area (Å²) in [5.41, 5.74) is 8.56. The fraction of sp³-hybridized carbons (Fsp3) is 0.0625. The summed E-state index contributed by atoms with van der Waals surface area (Å²) in [6.07, 6.45) is 0. The molecule has 0 atom stereocenters. The maximum atomic E-state index is 14.1. The van der Waals surface area contributed by atoms with Gasteiger partial charge >= 0.3 is 0 Å². The first-order valence-corrected chi connectivity index (χ1v) is 7.14. The van der Waals surface area contributed by atoms with E-state index in [1.807, 2.05) is 25.1 Å². The second kappa shape index (κ2) is 5.33. The molecule has 0 aliphatic carbocycles. The maximum Gasteiger partial charge on any atom is 0.177 e. The molecule has 0 bridgehead atoms. The Bertz CT molecular complexity index is 814. The number of nitrogens with two attached hydrogens (primary N) is 1. The van der Waals surface area contributed by atoms with Crippen LogP contribution in [-0.4, -0.2) is 5.16 Å². The molecule has 3 aromatic rings. The molecule has 0 amide bonds. The third kappa shape index (κ3) is 2.45. The standard InChI is InChI=1S/C16H12BrFN2O/c1-9-8-10(17)6-7-11(9)15-14(16(19)20-21-15)12-4-2-3-5-13(12)18/h2-8H,1H3,(H2,19,20). The Morgan fingerprint density at radius 3 is 2.62 bits per heavy atom. The molecule has 5 heteroatoms. The van der Waals surface area contributed by atoms with E-state index < -0.39 is 0 Å². The Morgan fingerprint density at radius 1 is 1.14 bits per heavy atom. The highest BCUT2D eigenvalue weighted by Crippen LogP contribution is 2.39. The first-order chi connectivity index (χ1) is 10.1. The number of hydrogen-bond donors (Lipinski definition) is 1. The smallest absolute Gasteiger partial charge is 0.177 e. The lowest BCUT2D eigenvalue weighted by molar-refractivity contribution is 0.436. The molecule has 0 unspecified atom stereocenters. The van der Waals surface area contributed by atoms with Gasteiger partial charge in [0, 0.05) is 15.6 Å². The molecule has 21 heavy (non-hydrogen) atoms. The zero-order valence-electron chi connectivity index (χ0n) is 11.2. The van der Waals surface area contributed by atoms with Crippen molar-refractivity contribution in [3.8, 4) is 22.5 Å². The summed E-state index contributed by atoms with van der Waals surface area (Å²) in [4.78, 5) is 0. The van der Waals surface area contributed by atoms with Crippen molar-refractivity contribution in [2.75, 3.05) is 5.73 Å². The van der Waals surface area contributed by atoms with Gasteiger partial charge in [0.15, 0.2) is 11.6 Å². The summed E-state index contributed by atoms with van der Waals surface area (Å²) in [5.74, 6) is 0.295. The van der Waals surface area contributed by atoms with E-state index >= 15 is 0 Å². The fourth-order valence-electron chi connectivity index (χ4n) is 2.29. The van der Waals surface area contributed by atoms with E-state index in [4.69, 9.17) is 10.3 Å². The minimum absolute atomic E-state index is 0.178. The van der Waals surface area contributed by atoms with Crippen molar-refractivity contribution in [2.45, 2.75) is 6.92 Å². The summed E-state index contributed by atoms with van der Waals surface area (Å²) in [5, 5.41) is 3.80. The predicted molar refractivity (Wildman–Crippen MR) is 84.2 cm³/mol. The van der Waals surface area contributed by atoms with Gasteiger partial charge in [-0.1, -0.05) is 39.3 Å². The molecule has 0 fully saturated rings. The van der Waals surface area contributed by atoms with Gasteiger partial charge in [0.25, 0.3) is 0 Å². The number of benzene rings is 2. The quantitative estimate of drug-likeness (QED) is 0.724. The summed E-state index contributed by atoms with van der Waals surface area (Å²) in [7, 11) is 0. The number of hydrogen-bond acceptors (Lipinski definition) is 3.